The van der Waals surface area contributed by atoms with Crippen LogP contribution in [0, 0.1) is 0 Å². The van der Waals surface area contributed by atoms with Crippen molar-refractivity contribution in [1.82, 2.24) is 0 Å². The van der Waals surface area contributed by atoms with Crippen LogP contribution in [-0.4, -0.2) is 62.7 Å². The summed E-state index contributed by atoms with van der Waals surface area (Å²) in [5, 5.41) is 9.26. The predicted molar refractivity (Wildman–Crippen MR) is 134 cm³/mol. The van der Waals surface area contributed by atoms with Gasteiger partial charge in [0.15, 0.2) is 29.8 Å². The summed E-state index contributed by atoms with van der Waals surface area (Å²) in [7, 11) is 3.99. The Morgan fingerprint density at radius 1 is 0.868 bits per heavy atom. The number of methoxy groups -OCH3 is 3. The van der Waals surface area contributed by atoms with Crippen molar-refractivity contribution < 1.29 is 47.6 Å². The summed E-state index contributed by atoms with van der Waals surface area (Å²) in [6.45, 7) is 2.96. The summed E-state index contributed by atoms with van der Waals surface area (Å²) < 4.78 is 31.3. The van der Waals surface area contributed by atoms with E-state index in [1.165, 1.54) is 53.6 Å². The summed E-state index contributed by atoms with van der Waals surface area (Å²) in [6, 6.07) is 9.23. The van der Waals surface area contributed by atoms with Gasteiger partial charge in [-0.05, 0) is 31.0 Å². The Balaban J connectivity index is 2.03. The van der Waals surface area contributed by atoms with E-state index < -0.39 is 41.6 Å². The number of carbonyl (C=O) groups is 3. The second kappa shape index (κ2) is 12.5. The molecule has 3 aromatic rings. The topological polar surface area (TPSA) is 148 Å². The minimum absolute atomic E-state index is 0.0735. The van der Waals surface area contributed by atoms with Crippen LogP contribution in [0.25, 0.3) is 22.1 Å². The van der Waals surface area contributed by atoms with Gasteiger partial charge in [0.2, 0.25) is 5.43 Å². The molecule has 0 radical (unpaired) electrons. The molecule has 0 aliphatic rings. The zero-order valence-corrected chi connectivity index (χ0v) is 21.5. The SMILES string of the molecule is COC(C)C(=O)Oc1cc2occ(-c3ccc(CC(OC)C(=O)O)cc3)c(=O)c2cc1OC(=O)C(C)OC. The van der Waals surface area contributed by atoms with Gasteiger partial charge in [-0.25, -0.2) is 14.4 Å². The van der Waals surface area contributed by atoms with Crippen LogP contribution in [0.1, 0.15) is 19.4 Å². The Labute approximate surface area is 217 Å². The largest absolute Gasteiger partial charge is 0.479 e. The molecule has 11 heteroatoms. The zero-order chi connectivity index (χ0) is 28.0. The first kappa shape index (κ1) is 28.5. The van der Waals surface area contributed by atoms with Crippen molar-refractivity contribution in [1.29, 1.82) is 0 Å². The predicted octanol–water partition coefficient (Wildman–Crippen LogP) is 2.98. The van der Waals surface area contributed by atoms with Gasteiger partial charge in [0.05, 0.1) is 10.9 Å². The maximum absolute atomic E-state index is 13.4. The van der Waals surface area contributed by atoms with Crippen LogP contribution in [-0.2, 0) is 35.0 Å². The van der Waals surface area contributed by atoms with Crippen LogP contribution in [0.2, 0.25) is 0 Å². The van der Waals surface area contributed by atoms with Gasteiger partial charge in [-0.15, -0.1) is 0 Å². The quantitative estimate of drug-likeness (QED) is 0.289. The first-order chi connectivity index (χ1) is 18.1. The fraction of sp³-hybridized carbons (Fsp3) is 0.333. The molecule has 0 saturated carbocycles. The van der Waals surface area contributed by atoms with Gasteiger partial charge >= 0.3 is 17.9 Å². The Morgan fingerprint density at radius 2 is 1.42 bits per heavy atom. The van der Waals surface area contributed by atoms with Gasteiger partial charge in [-0.2, -0.15) is 0 Å². The first-order valence-corrected chi connectivity index (χ1v) is 11.5. The van der Waals surface area contributed by atoms with E-state index in [0.717, 1.165) is 0 Å². The number of carboxylic acids is 1. The van der Waals surface area contributed by atoms with Crippen molar-refractivity contribution in [2.75, 3.05) is 21.3 Å². The van der Waals surface area contributed by atoms with Crippen LogP contribution in [0.4, 0.5) is 0 Å². The molecule has 38 heavy (non-hydrogen) atoms. The highest BCUT2D eigenvalue weighted by atomic mass is 16.6. The van der Waals surface area contributed by atoms with Gasteiger partial charge in [0.25, 0.3) is 0 Å². The van der Waals surface area contributed by atoms with Gasteiger partial charge in [0, 0.05) is 33.8 Å². The fourth-order valence-electron chi connectivity index (χ4n) is 3.38. The lowest BCUT2D eigenvalue weighted by Gasteiger charge is -2.15. The number of esters is 2. The molecule has 0 spiro atoms. The smallest absolute Gasteiger partial charge is 0.340 e. The first-order valence-electron chi connectivity index (χ1n) is 11.5. The second-order valence-electron chi connectivity index (χ2n) is 8.34. The van der Waals surface area contributed by atoms with Crippen molar-refractivity contribution in [2.24, 2.45) is 0 Å². The van der Waals surface area contributed by atoms with E-state index in [-0.39, 0.29) is 34.5 Å². The van der Waals surface area contributed by atoms with Gasteiger partial charge < -0.3 is 33.2 Å². The van der Waals surface area contributed by atoms with Crippen LogP contribution in [0.3, 0.4) is 0 Å². The maximum Gasteiger partial charge on any atom is 0.340 e. The third-order valence-electron chi connectivity index (χ3n) is 5.88. The lowest BCUT2D eigenvalue weighted by Crippen LogP contribution is -2.27. The standard InChI is InChI=1S/C27H28O11/c1-14(33-3)26(31)37-21-11-18-20(12-22(21)38-27(32)15(2)34-4)36-13-19(24(18)28)17-8-6-16(7-9-17)10-23(35-5)25(29)30/h6-9,11-15,23H,10H2,1-5H3,(H,29,30). The monoisotopic (exact) mass is 528 g/mol. The number of rotatable bonds is 11. The van der Waals surface area contributed by atoms with E-state index in [4.69, 9.17) is 28.1 Å². The summed E-state index contributed by atoms with van der Waals surface area (Å²) in [5.41, 5.74) is 1.09. The van der Waals surface area contributed by atoms with Crippen LogP contribution < -0.4 is 14.9 Å². The molecule has 0 fully saturated rings. The van der Waals surface area contributed by atoms with Crippen LogP contribution in [0.15, 0.2) is 51.9 Å². The maximum atomic E-state index is 13.4. The number of ether oxygens (including phenoxy) is 5. The van der Waals surface area contributed by atoms with Crippen molar-refractivity contribution in [3.63, 3.8) is 0 Å². The Kier molecular flexibility index (Phi) is 9.35. The van der Waals surface area contributed by atoms with Gasteiger partial charge in [-0.3, -0.25) is 4.79 Å². The Hall–Kier alpha value is -4.06. The Bertz CT molecular complexity index is 1370. The van der Waals surface area contributed by atoms with Crippen molar-refractivity contribution in [2.45, 2.75) is 38.6 Å². The van der Waals surface area contributed by atoms with E-state index in [2.05, 4.69) is 0 Å². The highest BCUT2D eigenvalue weighted by Crippen LogP contribution is 2.33. The zero-order valence-electron chi connectivity index (χ0n) is 21.5. The van der Waals surface area contributed by atoms with Gasteiger partial charge in [-0.1, -0.05) is 24.3 Å². The second-order valence-corrected chi connectivity index (χ2v) is 8.34. The normalized spacial score (nSPS) is 13.5. The lowest BCUT2D eigenvalue weighted by molar-refractivity contribution is -0.148. The Morgan fingerprint density at radius 3 is 1.92 bits per heavy atom. The minimum Gasteiger partial charge on any atom is -0.479 e. The summed E-state index contributed by atoms with van der Waals surface area (Å²) in [5.74, 6) is -2.92. The molecule has 0 amide bonds. The average Bonchev–Trinajstić information content (AvgIpc) is 2.91. The summed E-state index contributed by atoms with van der Waals surface area (Å²) in [6.07, 6.45) is -1.41. The molecule has 202 valence electrons. The van der Waals surface area contributed by atoms with Crippen LogP contribution in [0.5, 0.6) is 11.5 Å². The highest BCUT2D eigenvalue weighted by Gasteiger charge is 2.23. The molecular weight excluding hydrogens is 500 g/mol. The van der Waals surface area contributed by atoms with E-state index >= 15 is 0 Å². The molecule has 3 unspecified atom stereocenters. The number of carbonyl (C=O) groups excluding carboxylic acids is 2. The van der Waals surface area contributed by atoms with E-state index in [1.54, 1.807) is 24.3 Å². The van der Waals surface area contributed by atoms with Gasteiger partial charge in [0.1, 0.15) is 11.8 Å². The molecule has 2 aromatic carbocycles. The molecule has 0 bridgehead atoms. The third-order valence-corrected chi connectivity index (χ3v) is 5.88. The summed E-state index contributed by atoms with van der Waals surface area (Å²) in [4.78, 5) is 49.3. The van der Waals surface area contributed by atoms with E-state index in [1.807, 2.05) is 0 Å². The van der Waals surface area contributed by atoms with Crippen molar-refractivity contribution in [3.8, 4) is 22.6 Å². The number of fused-ring (bicyclic) bond motifs is 1. The number of aliphatic carboxylic acids is 1. The fourth-order valence-corrected chi connectivity index (χ4v) is 3.38. The molecule has 1 aromatic heterocycles. The van der Waals surface area contributed by atoms with Crippen molar-refractivity contribution >= 4 is 28.9 Å². The van der Waals surface area contributed by atoms with E-state index in [9.17, 15) is 24.3 Å². The molecule has 3 atom stereocenters. The molecule has 11 nitrogen and oxygen atoms in total. The number of benzene rings is 2. The summed E-state index contributed by atoms with van der Waals surface area (Å²) >= 11 is 0. The molecule has 1 N–H and O–H groups in total. The average molecular weight is 529 g/mol. The minimum atomic E-state index is -1.08. The molecule has 1 heterocycles. The number of hydrogen-bond acceptors (Lipinski definition) is 10. The van der Waals surface area contributed by atoms with Crippen LogP contribution >= 0.6 is 0 Å². The lowest BCUT2D eigenvalue weighted by atomic mass is 10.0. The number of carboxylic acid groups (broad SMARTS) is 1. The number of hydrogen-bond donors (Lipinski definition) is 1. The van der Waals surface area contributed by atoms with Crippen molar-refractivity contribution in [3.05, 3.63) is 58.4 Å². The molecule has 0 aliphatic heterocycles. The third kappa shape index (κ3) is 6.43. The molecular formula is C27H28O11. The molecule has 3 rings (SSSR count). The van der Waals surface area contributed by atoms with E-state index in [0.29, 0.717) is 11.1 Å². The molecule has 0 saturated heterocycles. The highest BCUT2D eigenvalue weighted by molar-refractivity contribution is 5.88. The molecule has 0 aliphatic carbocycles.